The quantitative estimate of drug-likeness (QED) is 0.403. The number of allylic oxidation sites excluding steroid dienone is 1. The molecule has 0 aromatic rings. The number of ether oxygens (including phenoxy) is 2. The molecule has 1 N–H and O–H groups in total. The zero-order valence-corrected chi connectivity index (χ0v) is 11.2. The maximum absolute atomic E-state index is 10.7. The monoisotopic (exact) mass is 232 g/mol. The number of aliphatic carboxylic acids is 1. The number of methoxy groups -OCH3 is 2. The highest BCUT2D eigenvalue weighted by molar-refractivity contribution is 6.39. The Labute approximate surface area is 93.1 Å². The first-order chi connectivity index (χ1) is 7.04. The summed E-state index contributed by atoms with van der Waals surface area (Å²) in [6.45, 7) is 3.67. The van der Waals surface area contributed by atoms with Gasteiger partial charge in [0, 0.05) is 19.8 Å². The van der Waals surface area contributed by atoms with Crippen molar-refractivity contribution in [2.45, 2.75) is 31.7 Å². The Hall–Kier alpha value is -0.653. The molecule has 4 nitrogen and oxygen atoms in total. The van der Waals surface area contributed by atoms with E-state index in [1.165, 1.54) is 0 Å². The Morgan fingerprint density at radius 3 is 2.33 bits per heavy atom. The van der Waals surface area contributed by atoms with Gasteiger partial charge in [0.2, 0.25) is 0 Å². The van der Waals surface area contributed by atoms with Crippen LogP contribution in [0, 0.1) is 0 Å². The minimum Gasteiger partial charge on any atom is -0.478 e. The van der Waals surface area contributed by atoms with Crippen LogP contribution in [0.15, 0.2) is 11.6 Å². The van der Waals surface area contributed by atoms with Crippen molar-refractivity contribution in [3.63, 3.8) is 0 Å². The molecule has 0 heterocycles. The summed E-state index contributed by atoms with van der Waals surface area (Å²) < 4.78 is 10.3. The second-order valence-corrected chi connectivity index (χ2v) is 5.65. The van der Waals surface area contributed by atoms with Crippen molar-refractivity contribution in [3.8, 4) is 0 Å². The number of hydrogen-bond acceptors (Lipinski definition) is 3. The van der Waals surface area contributed by atoms with Gasteiger partial charge in [0.05, 0.1) is 9.52 Å². The molecule has 0 spiro atoms. The molecule has 0 aliphatic carbocycles. The molecule has 0 rings (SSSR count). The summed E-state index contributed by atoms with van der Waals surface area (Å²) in [7, 11) is 2.61. The molecular weight excluding hydrogens is 212 g/mol. The third kappa shape index (κ3) is 5.71. The second kappa shape index (κ2) is 7.61. The second-order valence-electron chi connectivity index (χ2n) is 3.46. The van der Waals surface area contributed by atoms with Crippen molar-refractivity contribution in [1.29, 1.82) is 0 Å². The predicted octanol–water partition coefficient (Wildman–Crippen LogP) is 0.961. The van der Waals surface area contributed by atoms with Gasteiger partial charge in [0.25, 0.3) is 0 Å². The van der Waals surface area contributed by atoms with E-state index >= 15 is 0 Å². The van der Waals surface area contributed by atoms with Crippen LogP contribution < -0.4 is 0 Å². The molecule has 0 aliphatic rings. The molecule has 0 radical (unpaired) electrons. The summed E-state index contributed by atoms with van der Waals surface area (Å²) in [6, 6.07) is 0. The van der Waals surface area contributed by atoms with Crippen molar-refractivity contribution in [2.75, 3.05) is 14.2 Å². The van der Waals surface area contributed by atoms with Crippen LogP contribution in [0.4, 0.5) is 0 Å². The lowest BCUT2D eigenvalue weighted by Gasteiger charge is -2.17. The van der Waals surface area contributed by atoms with E-state index in [1.807, 2.05) is 13.0 Å². The third-order valence-electron chi connectivity index (χ3n) is 2.37. The molecule has 0 aromatic heterocycles. The molecule has 0 fully saturated rings. The molecular formula is C10H20O4Si. The zero-order valence-electron chi connectivity index (χ0n) is 9.82. The lowest BCUT2D eigenvalue weighted by Crippen LogP contribution is -2.24. The number of carbonyl (C=O) groups is 1. The van der Waals surface area contributed by atoms with Crippen LogP contribution in [0.5, 0.6) is 0 Å². The van der Waals surface area contributed by atoms with Gasteiger partial charge in [0.1, 0.15) is 5.91 Å². The van der Waals surface area contributed by atoms with Crippen LogP contribution in [0.3, 0.4) is 0 Å². The Bertz CT molecular complexity index is 223. The first-order valence-electron chi connectivity index (χ1n) is 5.02. The van der Waals surface area contributed by atoms with Crippen LogP contribution >= 0.6 is 0 Å². The average Bonchev–Trinajstić information content (AvgIpc) is 2.23. The Morgan fingerprint density at radius 1 is 1.47 bits per heavy atom. The molecule has 0 aromatic carbocycles. The molecule has 0 amide bonds. The minimum absolute atomic E-state index is 0.132. The smallest absolute Gasteiger partial charge is 0.330 e. The van der Waals surface area contributed by atoms with Crippen LogP contribution in [0.25, 0.3) is 0 Å². The lowest BCUT2D eigenvalue weighted by atomic mass is 10.2. The van der Waals surface area contributed by atoms with E-state index in [-0.39, 0.29) is 5.91 Å². The largest absolute Gasteiger partial charge is 0.478 e. The number of rotatable bonds is 7. The summed E-state index contributed by atoms with van der Waals surface area (Å²) >= 11 is 0. The summed E-state index contributed by atoms with van der Waals surface area (Å²) in [5, 5.41) is 8.76. The Kier molecular flexibility index (Phi) is 7.28. The molecule has 1 unspecified atom stereocenters. The first kappa shape index (κ1) is 14.3. The van der Waals surface area contributed by atoms with E-state index in [0.717, 1.165) is 6.42 Å². The van der Waals surface area contributed by atoms with E-state index < -0.39 is 15.5 Å². The van der Waals surface area contributed by atoms with E-state index in [1.54, 1.807) is 21.1 Å². The van der Waals surface area contributed by atoms with Gasteiger partial charge in [-0.15, -0.1) is 0 Å². The van der Waals surface area contributed by atoms with Crippen molar-refractivity contribution in [1.82, 2.24) is 0 Å². The molecule has 88 valence electrons. The van der Waals surface area contributed by atoms with Gasteiger partial charge in [0.15, 0.2) is 0 Å². The lowest BCUT2D eigenvalue weighted by molar-refractivity contribution is -0.132. The summed E-state index contributed by atoms with van der Waals surface area (Å²) in [5.41, 5.74) is 0.714. The van der Waals surface area contributed by atoms with Crippen LogP contribution in [0.2, 0.25) is 5.54 Å². The van der Waals surface area contributed by atoms with Gasteiger partial charge in [-0.2, -0.15) is 0 Å². The average molecular weight is 232 g/mol. The standard InChI is InChI=1S/C10H20O4Si/c1-5-8(6-7(2)9(11)12)15-10(13-3)14-4/h6,8,10H,5,15H2,1-4H3,(H,11,12). The van der Waals surface area contributed by atoms with Gasteiger partial charge < -0.3 is 14.6 Å². The van der Waals surface area contributed by atoms with Gasteiger partial charge in [-0.05, 0) is 12.5 Å². The highest BCUT2D eigenvalue weighted by Crippen LogP contribution is 2.15. The van der Waals surface area contributed by atoms with Crippen LogP contribution in [-0.4, -0.2) is 40.7 Å². The predicted molar refractivity (Wildman–Crippen MR) is 61.8 cm³/mol. The van der Waals surface area contributed by atoms with E-state index in [2.05, 4.69) is 0 Å². The van der Waals surface area contributed by atoms with Gasteiger partial charge >= 0.3 is 5.97 Å². The SMILES string of the molecule is CCC(C=C(C)C(=O)O)[SiH2]C(OC)OC. The molecule has 0 saturated carbocycles. The fraction of sp³-hybridized carbons (Fsp3) is 0.700. The highest BCUT2D eigenvalue weighted by atomic mass is 28.2. The number of carboxylic acids is 1. The van der Waals surface area contributed by atoms with Crippen molar-refractivity contribution in [2.24, 2.45) is 0 Å². The topological polar surface area (TPSA) is 55.8 Å². The normalized spacial score (nSPS) is 15.1. The van der Waals surface area contributed by atoms with Crippen LogP contribution in [0.1, 0.15) is 20.3 Å². The molecule has 0 saturated heterocycles. The fourth-order valence-corrected chi connectivity index (χ4v) is 3.02. The van der Waals surface area contributed by atoms with Crippen molar-refractivity contribution >= 4 is 15.5 Å². The molecule has 1 atom stereocenters. The van der Waals surface area contributed by atoms with E-state index in [9.17, 15) is 4.79 Å². The van der Waals surface area contributed by atoms with Gasteiger partial charge in [-0.1, -0.05) is 19.4 Å². The van der Waals surface area contributed by atoms with Gasteiger partial charge in [-0.25, -0.2) is 4.79 Å². The minimum atomic E-state index is -0.853. The first-order valence-corrected chi connectivity index (χ1v) is 6.65. The Balaban J connectivity index is 4.36. The maximum Gasteiger partial charge on any atom is 0.330 e. The summed E-state index contributed by atoms with van der Waals surface area (Å²) in [4.78, 5) is 10.7. The maximum atomic E-state index is 10.7. The van der Waals surface area contributed by atoms with Crippen molar-refractivity contribution < 1.29 is 19.4 Å². The van der Waals surface area contributed by atoms with Gasteiger partial charge in [-0.3, -0.25) is 0 Å². The Morgan fingerprint density at radius 2 is 2.00 bits per heavy atom. The van der Waals surface area contributed by atoms with Crippen molar-refractivity contribution in [3.05, 3.63) is 11.6 Å². The number of carboxylic acid groups (broad SMARTS) is 1. The number of hydrogen-bond donors (Lipinski definition) is 1. The summed E-state index contributed by atoms with van der Waals surface area (Å²) in [6.07, 6.45) is 2.75. The van der Waals surface area contributed by atoms with Crippen LogP contribution in [-0.2, 0) is 14.3 Å². The molecule has 5 heteroatoms. The zero-order chi connectivity index (χ0) is 11.8. The van der Waals surface area contributed by atoms with E-state index in [0.29, 0.717) is 11.1 Å². The van der Waals surface area contributed by atoms with E-state index in [4.69, 9.17) is 14.6 Å². The fourth-order valence-electron chi connectivity index (χ4n) is 1.31. The summed E-state index contributed by atoms with van der Waals surface area (Å²) in [5.74, 6) is -0.985. The third-order valence-corrected chi connectivity index (χ3v) is 4.84. The molecule has 15 heavy (non-hydrogen) atoms. The highest BCUT2D eigenvalue weighted by Gasteiger charge is 2.14. The molecule has 0 bridgehead atoms. The molecule has 0 aliphatic heterocycles.